The van der Waals surface area contributed by atoms with Crippen molar-refractivity contribution in [3.63, 3.8) is 0 Å². The minimum absolute atomic E-state index is 0.0599. The molecule has 0 heterocycles. The van der Waals surface area contributed by atoms with Crippen molar-refractivity contribution in [1.82, 2.24) is 0 Å². The standard InChI is InChI=1S/C26H44O.C5H10/c1-18(2)8-7-10-24(27)23-14-13-21-20-12-11-19-9-5-6-16-25(19,3)22(20)15-17-26(21,23)4;1-2-4-5-3-1/h11,18,20-24,27H,5-10,12-17H2,1-4H3;1-5H2/t20?,21?,22?,23?,24-,25-,26-;/m0./s1. The third-order valence-electron chi connectivity index (χ3n) is 11.1. The first-order valence-electron chi connectivity index (χ1n) is 14.7. The monoisotopic (exact) mass is 442 g/mol. The van der Waals surface area contributed by atoms with Crippen molar-refractivity contribution >= 4 is 0 Å². The van der Waals surface area contributed by atoms with Gasteiger partial charge < -0.3 is 5.11 Å². The van der Waals surface area contributed by atoms with E-state index >= 15 is 0 Å². The summed E-state index contributed by atoms with van der Waals surface area (Å²) >= 11 is 0. The number of allylic oxidation sites excluding steroid dienone is 2. The van der Waals surface area contributed by atoms with E-state index in [0.29, 0.717) is 16.7 Å². The van der Waals surface area contributed by atoms with Crippen molar-refractivity contribution in [2.75, 3.05) is 0 Å². The summed E-state index contributed by atoms with van der Waals surface area (Å²) in [5, 5.41) is 11.1. The lowest BCUT2D eigenvalue weighted by molar-refractivity contribution is -0.0668. The molecule has 7 atom stereocenters. The Morgan fingerprint density at radius 3 is 2.28 bits per heavy atom. The summed E-state index contributed by atoms with van der Waals surface area (Å²) in [5.74, 6) is 3.99. The molecule has 5 aliphatic rings. The van der Waals surface area contributed by atoms with Crippen LogP contribution in [0.1, 0.15) is 137 Å². The lowest BCUT2D eigenvalue weighted by Crippen LogP contribution is -2.50. The van der Waals surface area contributed by atoms with E-state index in [-0.39, 0.29) is 6.10 Å². The fourth-order valence-electron chi connectivity index (χ4n) is 9.19. The van der Waals surface area contributed by atoms with Gasteiger partial charge in [0.15, 0.2) is 0 Å². The van der Waals surface area contributed by atoms with Crippen LogP contribution >= 0.6 is 0 Å². The van der Waals surface area contributed by atoms with E-state index in [4.69, 9.17) is 0 Å². The molecule has 1 heteroatoms. The van der Waals surface area contributed by atoms with Gasteiger partial charge in [-0.1, -0.05) is 90.7 Å². The molecule has 0 aliphatic heterocycles. The van der Waals surface area contributed by atoms with Gasteiger partial charge in [-0.05, 0) is 98.2 Å². The summed E-state index contributed by atoms with van der Waals surface area (Å²) in [6, 6.07) is 0. The molecule has 0 aromatic heterocycles. The first-order valence-corrected chi connectivity index (χ1v) is 14.7. The molecule has 4 unspecified atom stereocenters. The van der Waals surface area contributed by atoms with Gasteiger partial charge in [-0.25, -0.2) is 0 Å². The Kier molecular flexibility index (Phi) is 8.17. The minimum Gasteiger partial charge on any atom is -0.393 e. The van der Waals surface area contributed by atoms with E-state index in [9.17, 15) is 5.11 Å². The average molecular weight is 443 g/mol. The molecule has 184 valence electrons. The van der Waals surface area contributed by atoms with Crippen LogP contribution in [-0.2, 0) is 0 Å². The largest absolute Gasteiger partial charge is 0.393 e. The van der Waals surface area contributed by atoms with Gasteiger partial charge in [-0.15, -0.1) is 0 Å². The normalized spacial score (nSPS) is 41.8. The Hall–Kier alpha value is -0.300. The van der Waals surface area contributed by atoms with Crippen molar-refractivity contribution in [2.45, 2.75) is 143 Å². The van der Waals surface area contributed by atoms with E-state index in [1.54, 1.807) is 0 Å². The second kappa shape index (κ2) is 10.5. The fourth-order valence-corrected chi connectivity index (χ4v) is 9.19. The molecule has 4 fully saturated rings. The van der Waals surface area contributed by atoms with Gasteiger partial charge in [0, 0.05) is 0 Å². The van der Waals surface area contributed by atoms with Crippen LogP contribution in [0.3, 0.4) is 0 Å². The smallest absolute Gasteiger partial charge is 0.0573 e. The van der Waals surface area contributed by atoms with Crippen molar-refractivity contribution in [2.24, 2.45) is 40.4 Å². The van der Waals surface area contributed by atoms with Gasteiger partial charge >= 0.3 is 0 Å². The van der Waals surface area contributed by atoms with Gasteiger partial charge in [-0.3, -0.25) is 0 Å². The maximum absolute atomic E-state index is 11.1. The average Bonchev–Trinajstić information content (AvgIpc) is 3.44. The molecule has 1 N–H and O–H groups in total. The van der Waals surface area contributed by atoms with Gasteiger partial charge in [-0.2, -0.15) is 0 Å². The molecule has 5 aliphatic carbocycles. The summed E-state index contributed by atoms with van der Waals surface area (Å²) in [6.07, 6.45) is 26.1. The quantitative estimate of drug-likeness (QED) is 0.421. The number of hydrogen-bond donors (Lipinski definition) is 1. The maximum atomic E-state index is 11.1. The molecule has 32 heavy (non-hydrogen) atoms. The highest BCUT2D eigenvalue weighted by Gasteiger charge is 2.59. The van der Waals surface area contributed by atoms with Crippen molar-refractivity contribution in [3.05, 3.63) is 11.6 Å². The van der Waals surface area contributed by atoms with E-state index < -0.39 is 0 Å². The van der Waals surface area contributed by atoms with Gasteiger partial charge in [0.1, 0.15) is 0 Å². The van der Waals surface area contributed by atoms with E-state index in [2.05, 4.69) is 33.8 Å². The molecular weight excluding hydrogens is 388 g/mol. The van der Waals surface area contributed by atoms with Crippen molar-refractivity contribution < 1.29 is 5.11 Å². The van der Waals surface area contributed by atoms with Crippen LogP contribution in [0.2, 0.25) is 0 Å². The van der Waals surface area contributed by atoms with Crippen LogP contribution in [0, 0.1) is 40.4 Å². The molecule has 0 aromatic rings. The third kappa shape index (κ3) is 4.89. The summed E-state index contributed by atoms with van der Waals surface area (Å²) < 4.78 is 0. The molecular formula is C31H54O. The zero-order valence-electron chi connectivity index (χ0n) is 22.0. The minimum atomic E-state index is -0.0599. The highest BCUT2D eigenvalue weighted by atomic mass is 16.3. The maximum Gasteiger partial charge on any atom is 0.0573 e. The topological polar surface area (TPSA) is 20.2 Å². The molecule has 1 nitrogen and oxygen atoms in total. The highest BCUT2D eigenvalue weighted by Crippen LogP contribution is 2.66. The number of aliphatic hydroxyl groups excluding tert-OH is 1. The molecule has 0 bridgehead atoms. The molecule has 0 radical (unpaired) electrons. The Labute approximate surface area is 200 Å². The van der Waals surface area contributed by atoms with Crippen LogP contribution < -0.4 is 0 Å². The summed E-state index contributed by atoms with van der Waals surface area (Å²) in [6.45, 7) is 9.79. The molecule has 0 saturated heterocycles. The van der Waals surface area contributed by atoms with Gasteiger partial charge in [0.2, 0.25) is 0 Å². The highest BCUT2D eigenvalue weighted by molar-refractivity contribution is 5.24. The number of rotatable bonds is 5. The lowest BCUT2D eigenvalue weighted by atomic mass is 9.47. The Morgan fingerprint density at radius 2 is 1.59 bits per heavy atom. The SMILES string of the molecule is C1CCCC1.CC(C)CCC[C@H](O)C1CCC2C3CC=C4CCCC[C@]4(C)C3CC[C@@]21C. The molecule has 0 aromatic carbocycles. The summed E-state index contributed by atoms with van der Waals surface area (Å²) in [7, 11) is 0. The van der Waals surface area contributed by atoms with Gasteiger partial charge in [0.05, 0.1) is 6.10 Å². The first-order chi connectivity index (χ1) is 15.4. The number of aliphatic hydroxyl groups is 1. The second-order valence-electron chi connectivity index (χ2n) is 13.4. The predicted octanol–water partition coefficient (Wildman–Crippen LogP) is 9.09. The summed E-state index contributed by atoms with van der Waals surface area (Å²) in [5.41, 5.74) is 2.73. The number of hydrogen-bond acceptors (Lipinski definition) is 1. The Balaban J connectivity index is 0.000000433. The molecule has 0 spiro atoms. The van der Waals surface area contributed by atoms with E-state index in [1.807, 2.05) is 5.57 Å². The van der Waals surface area contributed by atoms with Crippen LogP contribution in [0.4, 0.5) is 0 Å². The fraction of sp³-hybridized carbons (Fsp3) is 0.935. The lowest BCUT2D eigenvalue weighted by Gasteiger charge is -2.58. The molecule has 0 amide bonds. The first kappa shape index (κ1) is 24.8. The van der Waals surface area contributed by atoms with Crippen LogP contribution in [-0.4, -0.2) is 11.2 Å². The Bertz CT molecular complexity index is 623. The van der Waals surface area contributed by atoms with Crippen molar-refractivity contribution in [3.8, 4) is 0 Å². The molecule has 5 rings (SSSR count). The summed E-state index contributed by atoms with van der Waals surface area (Å²) in [4.78, 5) is 0. The van der Waals surface area contributed by atoms with Crippen LogP contribution in [0.25, 0.3) is 0 Å². The zero-order chi connectivity index (χ0) is 22.8. The van der Waals surface area contributed by atoms with Gasteiger partial charge in [0.25, 0.3) is 0 Å². The zero-order valence-corrected chi connectivity index (χ0v) is 22.0. The molecule has 4 saturated carbocycles. The number of fused-ring (bicyclic) bond motifs is 5. The second-order valence-corrected chi connectivity index (χ2v) is 13.4. The Morgan fingerprint density at radius 1 is 0.875 bits per heavy atom. The third-order valence-corrected chi connectivity index (χ3v) is 11.1. The van der Waals surface area contributed by atoms with E-state index in [0.717, 1.165) is 30.1 Å². The van der Waals surface area contributed by atoms with Crippen molar-refractivity contribution in [1.29, 1.82) is 0 Å². The van der Waals surface area contributed by atoms with Crippen LogP contribution in [0.5, 0.6) is 0 Å². The van der Waals surface area contributed by atoms with Crippen LogP contribution in [0.15, 0.2) is 11.6 Å². The van der Waals surface area contributed by atoms with E-state index in [1.165, 1.54) is 103 Å². The predicted molar refractivity (Wildman–Crippen MR) is 138 cm³/mol.